The highest BCUT2D eigenvalue weighted by molar-refractivity contribution is 7.89. The van der Waals surface area contributed by atoms with Crippen LogP contribution < -0.4 is 10.0 Å². The molecule has 3 rings (SSSR count). The lowest BCUT2D eigenvalue weighted by Crippen LogP contribution is -2.34. The number of hydrogen-bond acceptors (Lipinski definition) is 5. The van der Waals surface area contributed by atoms with Gasteiger partial charge >= 0.3 is 0 Å². The number of benzene rings is 1. The van der Waals surface area contributed by atoms with Crippen molar-refractivity contribution >= 4 is 27.5 Å². The van der Waals surface area contributed by atoms with Crippen LogP contribution in [0.5, 0.6) is 0 Å². The highest BCUT2D eigenvalue weighted by Gasteiger charge is 2.23. The lowest BCUT2D eigenvalue weighted by molar-refractivity contribution is 0.0939. The summed E-state index contributed by atoms with van der Waals surface area (Å²) in [5, 5.41) is 2.89. The van der Waals surface area contributed by atoms with Gasteiger partial charge < -0.3 is 14.5 Å². The molecule has 0 spiro atoms. The van der Waals surface area contributed by atoms with E-state index in [1.165, 1.54) is 18.2 Å². The maximum atomic E-state index is 12.6. The van der Waals surface area contributed by atoms with E-state index in [1.54, 1.807) is 12.3 Å². The van der Waals surface area contributed by atoms with Crippen LogP contribution in [0.1, 0.15) is 35.9 Å². The van der Waals surface area contributed by atoms with Crippen LogP contribution in [-0.2, 0) is 21.2 Å². The minimum atomic E-state index is -3.86. The predicted molar refractivity (Wildman–Crippen MR) is 105 cm³/mol. The zero-order valence-electron chi connectivity index (χ0n) is 15.5. The molecule has 2 atom stereocenters. The second-order valence-electron chi connectivity index (χ2n) is 6.79. The van der Waals surface area contributed by atoms with Crippen molar-refractivity contribution in [3.8, 4) is 0 Å². The summed E-state index contributed by atoms with van der Waals surface area (Å²) in [4.78, 5) is 12.4. The summed E-state index contributed by atoms with van der Waals surface area (Å²) >= 11 is 6.09. The van der Waals surface area contributed by atoms with Crippen LogP contribution in [0.25, 0.3) is 0 Å². The first-order valence-corrected chi connectivity index (χ1v) is 11.0. The van der Waals surface area contributed by atoms with E-state index >= 15 is 0 Å². The topological polar surface area (TPSA) is 97.6 Å². The Morgan fingerprint density at radius 3 is 2.86 bits per heavy atom. The van der Waals surface area contributed by atoms with Crippen molar-refractivity contribution in [3.63, 3.8) is 0 Å². The van der Waals surface area contributed by atoms with Crippen molar-refractivity contribution in [3.05, 3.63) is 52.9 Å². The number of rotatable bonds is 8. The van der Waals surface area contributed by atoms with Crippen LogP contribution in [0.4, 0.5) is 0 Å². The van der Waals surface area contributed by atoms with E-state index in [0.717, 1.165) is 18.6 Å². The summed E-state index contributed by atoms with van der Waals surface area (Å²) in [5.74, 6) is 0.372. The van der Waals surface area contributed by atoms with Crippen molar-refractivity contribution in [2.45, 2.75) is 43.2 Å². The highest BCUT2D eigenvalue weighted by Crippen LogP contribution is 2.23. The first-order chi connectivity index (χ1) is 13.3. The minimum absolute atomic E-state index is 0.0556. The van der Waals surface area contributed by atoms with Crippen LogP contribution in [0.15, 0.2) is 45.9 Å². The summed E-state index contributed by atoms with van der Waals surface area (Å²) in [7, 11) is -3.86. The molecule has 0 bridgehead atoms. The molecule has 2 N–H and O–H groups in total. The highest BCUT2D eigenvalue weighted by atomic mass is 35.5. The molecule has 2 aromatic rings. The average Bonchev–Trinajstić information content (AvgIpc) is 3.34. The SMILES string of the molecule is CC(Cc1ccco1)NC(=O)c1ccc(Cl)c(S(=O)(=O)NCC2CCCO2)c1. The number of carbonyl (C=O) groups is 1. The van der Waals surface area contributed by atoms with Crippen LogP contribution in [0, 0.1) is 0 Å². The van der Waals surface area contributed by atoms with Crippen molar-refractivity contribution in [1.29, 1.82) is 0 Å². The Morgan fingerprint density at radius 2 is 2.18 bits per heavy atom. The number of furan rings is 1. The molecule has 2 heterocycles. The molecular formula is C19H23ClN2O5S. The normalized spacial score (nSPS) is 18.1. The lowest BCUT2D eigenvalue weighted by Gasteiger charge is -2.15. The monoisotopic (exact) mass is 426 g/mol. The van der Waals surface area contributed by atoms with Gasteiger partial charge in [-0.15, -0.1) is 0 Å². The Kier molecular flexibility index (Phi) is 6.77. The minimum Gasteiger partial charge on any atom is -0.469 e. The van der Waals surface area contributed by atoms with Gasteiger partial charge in [-0.1, -0.05) is 11.6 Å². The number of sulfonamides is 1. The van der Waals surface area contributed by atoms with E-state index in [0.29, 0.717) is 13.0 Å². The third-order valence-electron chi connectivity index (χ3n) is 4.47. The molecule has 1 aliphatic heterocycles. The molecule has 1 amide bonds. The predicted octanol–water partition coefficient (Wildman–Crippen LogP) is 2.75. The maximum absolute atomic E-state index is 12.6. The van der Waals surface area contributed by atoms with Crippen LogP contribution in [0.2, 0.25) is 5.02 Å². The molecule has 2 unspecified atom stereocenters. The van der Waals surface area contributed by atoms with Gasteiger partial charge in [0.1, 0.15) is 10.7 Å². The van der Waals surface area contributed by atoms with Crippen LogP contribution in [0.3, 0.4) is 0 Å². The second-order valence-corrected chi connectivity index (χ2v) is 8.93. The van der Waals surface area contributed by atoms with Gasteiger partial charge in [0.25, 0.3) is 5.91 Å². The number of amides is 1. The number of hydrogen-bond donors (Lipinski definition) is 2. The van der Waals surface area contributed by atoms with Gasteiger partial charge in [-0.25, -0.2) is 13.1 Å². The maximum Gasteiger partial charge on any atom is 0.251 e. The molecule has 1 aliphatic rings. The standard InChI is InChI=1S/C19H23ClN2O5S/c1-13(10-15-4-2-8-26-15)22-19(23)14-6-7-17(20)18(11-14)28(24,25)21-12-16-5-3-9-27-16/h2,4,6-8,11,13,16,21H,3,5,9-10,12H2,1H3,(H,22,23). The molecule has 7 nitrogen and oxygen atoms in total. The third-order valence-corrected chi connectivity index (χ3v) is 6.38. The average molecular weight is 427 g/mol. The molecule has 0 saturated carbocycles. The van der Waals surface area contributed by atoms with Gasteiger partial charge in [0.15, 0.2) is 0 Å². The summed E-state index contributed by atoms with van der Waals surface area (Å²) < 4.78 is 38.5. The fourth-order valence-corrected chi connectivity index (χ4v) is 4.61. The van der Waals surface area contributed by atoms with E-state index in [1.807, 2.05) is 13.0 Å². The summed E-state index contributed by atoms with van der Waals surface area (Å²) in [5.41, 5.74) is 0.216. The fourth-order valence-electron chi connectivity index (χ4n) is 3.02. The molecule has 28 heavy (non-hydrogen) atoms. The van der Waals surface area contributed by atoms with E-state index in [4.69, 9.17) is 20.8 Å². The second kappa shape index (κ2) is 9.09. The van der Waals surface area contributed by atoms with Gasteiger partial charge in [0.05, 0.1) is 17.4 Å². The molecular weight excluding hydrogens is 404 g/mol. The van der Waals surface area contributed by atoms with Crippen LogP contribution in [-0.4, -0.2) is 39.6 Å². The van der Waals surface area contributed by atoms with Gasteiger partial charge in [0, 0.05) is 31.2 Å². The van der Waals surface area contributed by atoms with Crippen molar-refractivity contribution in [2.24, 2.45) is 0 Å². The number of nitrogens with one attached hydrogen (secondary N) is 2. The van der Waals surface area contributed by atoms with E-state index in [-0.39, 0.29) is 40.1 Å². The van der Waals surface area contributed by atoms with E-state index in [2.05, 4.69) is 10.0 Å². The van der Waals surface area contributed by atoms with Gasteiger partial charge in [-0.3, -0.25) is 4.79 Å². The largest absolute Gasteiger partial charge is 0.469 e. The molecule has 9 heteroatoms. The van der Waals surface area contributed by atoms with Crippen molar-refractivity contribution in [2.75, 3.05) is 13.2 Å². The van der Waals surface area contributed by atoms with Crippen molar-refractivity contribution < 1.29 is 22.4 Å². The Hall–Kier alpha value is -1.87. The van der Waals surface area contributed by atoms with Crippen LogP contribution >= 0.6 is 11.6 Å². The molecule has 1 aromatic carbocycles. The Labute approximate surface area is 169 Å². The third kappa shape index (κ3) is 5.35. The van der Waals surface area contributed by atoms with Gasteiger partial charge in [-0.2, -0.15) is 0 Å². The smallest absolute Gasteiger partial charge is 0.251 e. The Morgan fingerprint density at radius 1 is 1.36 bits per heavy atom. The summed E-state index contributed by atoms with van der Waals surface area (Å²) in [6.07, 6.45) is 3.69. The quantitative estimate of drug-likeness (QED) is 0.676. The first kappa shape index (κ1) is 20.9. The summed E-state index contributed by atoms with van der Waals surface area (Å²) in [6.45, 7) is 2.66. The van der Waals surface area contributed by atoms with E-state index < -0.39 is 10.0 Å². The zero-order chi connectivity index (χ0) is 20.1. The van der Waals surface area contributed by atoms with Crippen molar-refractivity contribution in [1.82, 2.24) is 10.0 Å². The zero-order valence-corrected chi connectivity index (χ0v) is 17.1. The molecule has 0 aliphatic carbocycles. The molecule has 1 saturated heterocycles. The number of carbonyl (C=O) groups excluding carboxylic acids is 1. The molecule has 1 fully saturated rings. The first-order valence-electron chi connectivity index (χ1n) is 9.09. The number of halogens is 1. The van der Waals surface area contributed by atoms with Gasteiger partial charge in [-0.05, 0) is 50.1 Å². The Balaban J connectivity index is 1.68. The lowest BCUT2D eigenvalue weighted by atomic mass is 10.1. The summed E-state index contributed by atoms with van der Waals surface area (Å²) in [6, 6.07) is 7.62. The number of ether oxygens (including phenoxy) is 1. The van der Waals surface area contributed by atoms with E-state index in [9.17, 15) is 13.2 Å². The molecule has 1 aromatic heterocycles. The van der Waals surface area contributed by atoms with Gasteiger partial charge in [0.2, 0.25) is 10.0 Å². The molecule has 0 radical (unpaired) electrons. The Bertz CT molecular complexity index is 908. The fraction of sp³-hybridized carbons (Fsp3) is 0.421. The molecule has 152 valence electrons.